The average Bonchev–Trinajstić information content (AvgIpc) is 1.54. The van der Waals surface area contributed by atoms with E-state index in [2.05, 4.69) is 347 Å². The van der Waals surface area contributed by atoms with Crippen molar-refractivity contribution in [3.05, 3.63) is 281 Å². The molecule has 576 valence electrons. The number of benzene rings is 8. The second-order valence-corrected chi connectivity index (χ2v) is 51.8. The third-order valence-corrected chi connectivity index (χ3v) is 39.2. The van der Waals surface area contributed by atoms with Gasteiger partial charge in [-0.2, -0.15) is 0 Å². The van der Waals surface area contributed by atoms with Gasteiger partial charge in [0.1, 0.15) is 0 Å². The molecule has 5 aliphatic rings. The smallest absolute Gasteiger partial charge is 1.00 e. The molecule has 4 unspecified atom stereocenters. The summed E-state index contributed by atoms with van der Waals surface area (Å²) in [5, 5.41) is 3.52. The van der Waals surface area contributed by atoms with Gasteiger partial charge >= 0.3 is 322 Å². The van der Waals surface area contributed by atoms with E-state index in [0.717, 1.165) is 26.1 Å². The molecule has 109 heavy (non-hydrogen) atoms. The number of fused-ring (bicyclic) bond motifs is 10. The van der Waals surface area contributed by atoms with Crippen molar-refractivity contribution in [2.75, 3.05) is 13.2 Å². The number of hydrogen-bond acceptors (Lipinski definition) is 2. The molecule has 1 heterocycles. The van der Waals surface area contributed by atoms with E-state index in [1.165, 1.54) is 140 Å². The molecule has 13 rings (SSSR count). The van der Waals surface area contributed by atoms with Crippen LogP contribution in [0, 0.1) is 27.7 Å². The van der Waals surface area contributed by atoms with E-state index in [-0.39, 0.29) is 57.7 Å². The first-order valence-corrected chi connectivity index (χ1v) is 49.5. The summed E-state index contributed by atoms with van der Waals surface area (Å²) in [5.74, 6) is 0. The zero-order valence-electron chi connectivity index (χ0n) is 71.2. The number of allylic oxidation sites excluding steroid dienone is 4. The second kappa shape index (κ2) is 33.5. The minimum Gasteiger partial charge on any atom is -1.00 e. The van der Waals surface area contributed by atoms with Gasteiger partial charge in [-0.25, -0.2) is 0 Å². The Bertz CT molecular complexity index is 4480. The summed E-state index contributed by atoms with van der Waals surface area (Å²) in [5.41, 5.74) is 37.3. The maximum atomic E-state index is 6.14. The summed E-state index contributed by atoms with van der Waals surface area (Å²) in [6, 6.07) is 70.3. The fourth-order valence-electron chi connectivity index (χ4n) is 18.9. The number of unbranched alkanes of at least 4 members (excludes halogenated alkanes) is 6. The van der Waals surface area contributed by atoms with E-state index in [1.807, 2.05) is 0 Å². The van der Waals surface area contributed by atoms with Crippen LogP contribution >= 0.6 is 0 Å². The first kappa shape index (κ1) is 86.0. The summed E-state index contributed by atoms with van der Waals surface area (Å²) < 4.78 is 13.3. The Balaban J connectivity index is 0.000000228. The quantitative estimate of drug-likeness (QED) is 0.0559. The molecule has 2 nitrogen and oxygen atoms in total. The van der Waals surface area contributed by atoms with Gasteiger partial charge in [0.05, 0.1) is 13.7 Å². The predicted octanol–water partition coefficient (Wildman–Crippen LogP) is 22.6. The van der Waals surface area contributed by atoms with Gasteiger partial charge in [0.25, 0.3) is 0 Å². The second-order valence-electron chi connectivity index (χ2n) is 39.3. The Morgan fingerprint density at radius 3 is 1.01 bits per heavy atom. The number of rotatable bonds is 20. The molecule has 0 saturated carbocycles. The number of ether oxygens (including phenoxy) is 2. The van der Waals surface area contributed by atoms with Crippen LogP contribution in [0.2, 0.25) is 25.2 Å². The van der Waals surface area contributed by atoms with Gasteiger partial charge in [-0.1, -0.05) is 170 Å². The van der Waals surface area contributed by atoms with E-state index >= 15 is 0 Å². The first-order chi connectivity index (χ1) is 50.3. The number of halogens is 2. The molecule has 0 N–H and O–H groups in total. The molecule has 0 amide bonds. The van der Waals surface area contributed by atoms with Crippen LogP contribution in [0.3, 0.4) is 0 Å². The molecule has 8 aromatic carbocycles. The minimum atomic E-state index is -2.38. The van der Waals surface area contributed by atoms with Crippen molar-refractivity contribution in [3.8, 4) is 0 Å². The molecule has 4 bridgehead atoms. The SMILES string of the molecule is Cc1cc(C(C)(C)C)ccc1C1=C2c3ccccc3[CH]1[Zr+2][CH]1C(c3ccc(C(C)(C)C)cc3C)=C(c3ccccc31)[Si]2(C)CCCCCCOC(C)(C)C.Cc1cc(C(C)(C)C)ccc1C1=Cc2ccccc2C1[Si](C)(CCCCCCOC(C)(C)C)C1C(c2ccc(C(C)(C)C)cc2C)=Cc2ccccc21.[Cl-].[Cl-]. The van der Waals surface area contributed by atoms with Crippen LogP contribution in [0.25, 0.3) is 44.8 Å². The molecule has 0 aromatic heterocycles. The Kier molecular flexibility index (Phi) is 26.4. The number of aryl methyl sites for hydroxylation is 4. The summed E-state index contributed by atoms with van der Waals surface area (Å²) in [6.07, 6.45) is 14.9. The normalized spacial score (nSPS) is 19.2. The molecule has 4 aliphatic carbocycles. The summed E-state index contributed by atoms with van der Waals surface area (Å²) >= 11 is -1.16. The van der Waals surface area contributed by atoms with Crippen LogP contribution in [0.4, 0.5) is 0 Å². The van der Waals surface area contributed by atoms with Crippen LogP contribution in [-0.4, -0.2) is 40.6 Å². The van der Waals surface area contributed by atoms with Gasteiger partial charge in [-0.15, -0.1) is 0 Å². The molecule has 0 radical (unpaired) electrons. The molecule has 0 fully saturated rings. The van der Waals surface area contributed by atoms with Gasteiger partial charge in [0, 0.05) is 17.7 Å². The van der Waals surface area contributed by atoms with Gasteiger partial charge < -0.3 is 29.6 Å². The Labute approximate surface area is 687 Å². The van der Waals surface area contributed by atoms with Crippen LogP contribution in [0.15, 0.2) is 170 Å². The van der Waals surface area contributed by atoms with Gasteiger partial charge in [-0.3, -0.25) is 0 Å². The molecule has 7 heteroatoms. The van der Waals surface area contributed by atoms with E-state index in [1.54, 1.807) is 54.9 Å². The third kappa shape index (κ3) is 18.2. The zero-order valence-corrected chi connectivity index (χ0v) is 77.2. The predicted molar refractivity (Wildman–Crippen MR) is 467 cm³/mol. The summed E-state index contributed by atoms with van der Waals surface area (Å²) in [7, 11) is -4.67. The number of hydrogen-bond donors (Lipinski definition) is 0. The molecule has 4 atom stereocenters. The van der Waals surface area contributed by atoms with Crippen molar-refractivity contribution in [2.24, 2.45) is 0 Å². The van der Waals surface area contributed by atoms with Gasteiger partial charge in [-0.05, 0) is 139 Å². The summed E-state index contributed by atoms with van der Waals surface area (Å²) in [4.78, 5) is 0. The minimum absolute atomic E-state index is 0. The van der Waals surface area contributed by atoms with E-state index < -0.39 is 39.4 Å². The topological polar surface area (TPSA) is 18.5 Å². The molecular weight excluding hydrogens is 1480 g/mol. The van der Waals surface area contributed by atoms with Gasteiger partial charge in [0.2, 0.25) is 0 Å². The molecule has 8 aromatic rings. The molecule has 1 aliphatic heterocycles. The Hall–Kier alpha value is -5.46. The maximum absolute atomic E-state index is 6.14. The third-order valence-electron chi connectivity index (χ3n) is 24.6. The van der Waals surface area contributed by atoms with E-state index in [0.29, 0.717) is 18.3 Å². The van der Waals surface area contributed by atoms with E-state index in [9.17, 15) is 0 Å². The molecule has 0 saturated heterocycles. The first-order valence-electron chi connectivity index (χ1n) is 41.1. The van der Waals surface area contributed by atoms with Crippen molar-refractivity contribution >= 4 is 61.0 Å². The monoisotopic (exact) mass is 1600 g/mol. The average molecular weight is 1610 g/mol. The van der Waals surface area contributed by atoms with Crippen LogP contribution in [0.5, 0.6) is 0 Å². The standard InChI is InChI=1S/C51H66OSi.C51H64OSi.2ClH.Zr/c2*1-35-31-39(49(3,4)5)25-27-41(35)45-33-37-21-15-17-23-43(37)47(45)53(12,30-20-14-13-19-29-52-51(9,10)11)48-44-24-18-16-22-38(44)34-46(48)42-28-26-40(32-36(42)2)50(6,7)8;;;/h15-18,21-28,31-34,47-48H,13-14,19-20,29-30H2,1-12H3;15-18,21-28,31-34H,13-14,19-20,29-30H2,1-12H3;2*1H;/q;;;;+2/p-2. The van der Waals surface area contributed by atoms with Crippen molar-refractivity contribution in [3.63, 3.8) is 0 Å². The molecular formula is C102H130Cl2O2Si2Zr. The Morgan fingerprint density at radius 1 is 0.358 bits per heavy atom. The fourth-order valence-corrected chi connectivity index (χ4v) is 35.7. The Morgan fingerprint density at radius 2 is 0.670 bits per heavy atom. The van der Waals surface area contributed by atoms with Crippen LogP contribution < -0.4 is 24.8 Å². The van der Waals surface area contributed by atoms with Crippen molar-refractivity contribution in [1.82, 2.24) is 0 Å². The van der Waals surface area contributed by atoms with Crippen molar-refractivity contribution in [1.29, 1.82) is 0 Å². The fraction of sp³-hybridized carbons (Fsp3) is 0.451. The van der Waals surface area contributed by atoms with Crippen molar-refractivity contribution < 1.29 is 57.5 Å². The van der Waals surface area contributed by atoms with Gasteiger partial charge in [0.15, 0.2) is 0 Å². The van der Waals surface area contributed by atoms with Crippen LogP contribution in [0.1, 0.15) is 306 Å². The van der Waals surface area contributed by atoms with Crippen molar-refractivity contribution in [2.45, 2.75) is 280 Å². The van der Waals surface area contributed by atoms with E-state index in [4.69, 9.17) is 9.47 Å². The molecule has 0 spiro atoms. The zero-order chi connectivity index (χ0) is 77.1. The van der Waals surface area contributed by atoms with Crippen LogP contribution in [-0.2, 0) is 54.4 Å². The summed E-state index contributed by atoms with van der Waals surface area (Å²) in [6.45, 7) is 57.9.